The summed E-state index contributed by atoms with van der Waals surface area (Å²) in [5.74, 6) is -2.39. The Kier molecular flexibility index (Phi) is 5.31. The highest BCUT2D eigenvalue weighted by molar-refractivity contribution is 6.30. The molecule has 0 saturated heterocycles. The number of carbonyl (C=O) groups excluding carboxylic acids is 2. The topological polar surface area (TPSA) is 109 Å². The van der Waals surface area contributed by atoms with E-state index < -0.39 is 29.7 Å². The Morgan fingerprint density at radius 2 is 1.81 bits per heavy atom. The van der Waals surface area contributed by atoms with Gasteiger partial charge in [-0.05, 0) is 49.2 Å². The number of aliphatic hydroxyl groups excluding tert-OH is 1. The first-order valence-corrected chi connectivity index (χ1v) is 10.2. The Morgan fingerprint density at radius 3 is 2.42 bits per heavy atom. The molecule has 1 fully saturated rings. The largest absolute Gasteiger partial charge is 0.509 e. The van der Waals surface area contributed by atoms with Crippen molar-refractivity contribution in [2.24, 2.45) is 0 Å². The number of carboxylic acids is 1. The number of amides is 1. The van der Waals surface area contributed by atoms with Gasteiger partial charge >= 0.3 is 5.97 Å². The number of hydrogen-bond donors (Lipinski definition) is 2. The standard InChI is InChI=1S/C23H24N2O6/c1-31-16-9-7-15(8-10-16)24(14-18(26)27)22(30)19-20(28)17-6-5-13-25(17)23(21(19)29)11-3-2-4-12-23/h5-10,13,29H,2-4,11-12,14H2,1H3,(H,26,27). The van der Waals surface area contributed by atoms with Gasteiger partial charge in [0.2, 0.25) is 5.78 Å². The van der Waals surface area contributed by atoms with E-state index in [9.17, 15) is 24.6 Å². The molecule has 1 aliphatic carbocycles. The van der Waals surface area contributed by atoms with Crippen LogP contribution in [0.1, 0.15) is 42.6 Å². The molecule has 2 N–H and O–H groups in total. The third kappa shape index (κ3) is 3.37. The molecule has 8 heteroatoms. The molecule has 1 amide bonds. The van der Waals surface area contributed by atoms with Gasteiger partial charge in [0.15, 0.2) is 0 Å². The number of aliphatic carboxylic acids is 1. The smallest absolute Gasteiger partial charge is 0.323 e. The molecular formula is C23H24N2O6. The van der Waals surface area contributed by atoms with Crippen LogP contribution in [0.3, 0.4) is 0 Å². The maximum absolute atomic E-state index is 13.6. The van der Waals surface area contributed by atoms with Crippen LogP contribution in [0.2, 0.25) is 0 Å². The quantitative estimate of drug-likeness (QED) is 0.713. The highest BCUT2D eigenvalue weighted by Crippen LogP contribution is 2.45. The summed E-state index contributed by atoms with van der Waals surface area (Å²) in [7, 11) is 1.50. The zero-order chi connectivity index (χ0) is 22.2. The van der Waals surface area contributed by atoms with E-state index in [4.69, 9.17) is 4.74 Å². The monoisotopic (exact) mass is 424 g/mol. The molecule has 0 unspecified atom stereocenters. The maximum atomic E-state index is 13.6. The number of methoxy groups -OCH3 is 1. The number of aromatic nitrogens is 1. The number of ether oxygens (including phenoxy) is 1. The third-order valence-corrected chi connectivity index (χ3v) is 6.16. The molecule has 1 aromatic carbocycles. The third-order valence-electron chi connectivity index (χ3n) is 6.16. The highest BCUT2D eigenvalue weighted by atomic mass is 16.5. The Balaban J connectivity index is 1.82. The Morgan fingerprint density at radius 1 is 1.13 bits per heavy atom. The zero-order valence-electron chi connectivity index (χ0n) is 17.2. The lowest BCUT2D eigenvalue weighted by molar-refractivity contribution is -0.136. The molecule has 1 saturated carbocycles. The van der Waals surface area contributed by atoms with Crippen molar-refractivity contribution in [1.29, 1.82) is 0 Å². The summed E-state index contributed by atoms with van der Waals surface area (Å²) in [4.78, 5) is 39.3. The first kappa shape index (κ1) is 20.7. The van der Waals surface area contributed by atoms with Crippen LogP contribution in [0, 0.1) is 0 Å². The molecule has 8 nitrogen and oxygen atoms in total. The van der Waals surface area contributed by atoms with Crippen molar-refractivity contribution in [1.82, 2.24) is 4.57 Å². The Hall–Kier alpha value is -3.55. The summed E-state index contributed by atoms with van der Waals surface area (Å²) >= 11 is 0. The first-order chi connectivity index (χ1) is 14.9. The van der Waals surface area contributed by atoms with Crippen molar-refractivity contribution in [2.75, 3.05) is 18.6 Å². The predicted molar refractivity (Wildman–Crippen MR) is 112 cm³/mol. The van der Waals surface area contributed by atoms with E-state index in [2.05, 4.69) is 0 Å². The number of fused-ring (bicyclic) bond motifs is 2. The molecule has 0 bridgehead atoms. The summed E-state index contributed by atoms with van der Waals surface area (Å²) in [5.41, 5.74) is -0.594. The van der Waals surface area contributed by atoms with Gasteiger partial charge in [-0.25, -0.2) is 0 Å². The molecule has 2 aliphatic rings. The van der Waals surface area contributed by atoms with Crippen molar-refractivity contribution < 1.29 is 29.3 Å². The fraction of sp³-hybridized carbons (Fsp3) is 0.348. The summed E-state index contributed by atoms with van der Waals surface area (Å²) in [6.07, 6.45) is 5.69. The predicted octanol–water partition coefficient (Wildman–Crippen LogP) is 3.28. The van der Waals surface area contributed by atoms with Gasteiger partial charge in [-0.3, -0.25) is 19.3 Å². The number of aliphatic hydroxyl groups is 1. The number of carboxylic acid groups (broad SMARTS) is 1. The number of Topliss-reactive ketones (excluding diaryl/α,β-unsaturated/α-hetero) is 1. The van der Waals surface area contributed by atoms with E-state index in [1.165, 1.54) is 7.11 Å². The van der Waals surface area contributed by atoms with Crippen molar-refractivity contribution in [3.8, 4) is 5.75 Å². The molecule has 0 atom stereocenters. The number of nitrogens with zero attached hydrogens (tertiary/aromatic N) is 2. The van der Waals surface area contributed by atoms with Gasteiger partial charge in [-0.1, -0.05) is 19.3 Å². The Bertz CT molecular complexity index is 1060. The average molecular weight is 424 g/mol. The second-order valence-corrected chi connectivity index (χ2v) is 7.89. The van der Waals surface area contributed by atoms with E-state index >= 15 is 0 Å². The molecule has 1 spiro atoms. The van der Waals surface area contributed by atoms with Crippen LogP contribution < -0.4 is 9.64 Å². The Labute approximate surface area is 179 Å². The average Bonchev–Trinajstić information content (AvgIpc) is 3.28. The van der Waals surface area contributed by atoms with E-state index in [0.717, 1.165) is 24.2 Å². The number of anilines is 1. The van der Waals surface area contributed by atoms with Crippen LogP contribution in [0.15, 0.2) is 53.9 Å². The van der Waals surface area contributed by atoms with Crippen molar-refractivity contribution in [3.63, 3.8) is 0 Å². The number of allylic oxidation sites excluding steroid dienone is 1. The minimum atomic E-state index is -1.23. The first-order valence-electron chi connectivity index (χ1n) is 10.2. The van der Waals surface area contributed by atoms with Gasteiger partial charge in [0.25, 0.3) is 5.91 Å². The lowest BCUT2D eigenvalue weighted by atomic mass is 9.75. The second kappa shape index (κ2) is 7.94. The summed E-state index contributed by atoms with van der Waals surface area (Å²) in [6, 6.07) is 9.65. The normalized spacial score (nSPS) is 17.4. The molecule has 1 aromatic heterocycles. The number of carbonyl (C=O) groups is 3. The van der Waals surface area contributed by atoms with Gasteiger partial charge in [-0.2, -0.15) is 0 Å². The van der Waals surface area contributed by atoms with Crippen LogP contribution >= 0.6 is 0 Å². The SMILES string of the molecule is COc1ccc(N(CC(=O)O)C(=O)C2=C(O)C3(CCCCC3)n3cccc3C2=O)cc1. The van der Waals surface area contributed by atoms with Crippen LogP contribution in [0.25, 0.3) is 0 Å². The fourth-order valence-corrected chi connectivity index (χ4v) is 4.65. The maximum Gasteiger partial charge on any atom is 0.323 e. The number of hydrogen-bond acceptors (Lipinski definition) is 5. The van der Waals surface area contributed by atoms with Crippen molar-refractivity contribution >= 4 is 23.3 Å². The lowest BCUT2D eigenvalue weighted by Crippen LogP contribution is -2.47. The highest BCUT2D eigenvalue weighted by Gasteiger charge is 2.48. The molecule has 4 rings (SSSR count). The molecule has 2 heterocycles. The summed E-state index contributed by atoms with van der Waals surface area (Å²) in [5, 5.41) is 20.7. The van der Waals surface area contributed by atoms with Crippen LogP contribution in [0.4, 0.5) is 5.69 Å². The number of ketones is 1. The van der Waals surface area contributed by atoms with E-state index in [-0.39, 0.29) is 11.3 Å². The number of rotatable bonds is 5. The van der Waals surface area contributed by atoms with Gasteiger partial charge < -0.3 is 19.5 Å². The van der Waals surface area contributed by atoms with E-state index in [1.54, 1.807) is 47.2 Å². The van der Waals surface area contributed by atoms with Gasteiger partial charge in [0.05, 0.1) is 12.8 Å². The van der Waals surface area contributed by atoms with Crippen molar-refractivity contribution in [2.45, 2.75) is 37.6 Å². The van der Waals surface area contributed by atoms with Gasteiger partial charge in [0.1, 0.15) is 29.2 Å². The summed E-state index contributed by atoms with van der Waals surface area (Å²) in [6.45, 7) is -0.650. The molecule has 1 aliphatic heterocycles. The lowest BCUT2D eigenvalue weighted by Gasteiger charge is -2.42. The van der Waals surface area contributed by atoms with Crippen LogP contribution in [-0.2, 0) is 15.1 Å². The van der Waals surface area contributed by atoms with Crippen LogP contribution in [-0.4, -0.2) is 46.1 Å². The van der Waals surface area contributed by atoms with E-state index in [1.807, 2.05) is 0 Å². The minimum absolute atomic E-state index is 0.269. The van der Waals surface area contributed by atoms with Gasteiger partial charge in [-0.15, -0.1) is 0 Å². The number of benzene rings is 1. The van der Waals surface area contributed by atoms with Crippen molar-refractivity contribution in [3.05, 3.63) is 59.6 Å². The molecule has 162 valence electrons. The molecule has 31 heavy (non-hydrogen) atoms. The van der Waals surface area contributed by atoms with Crippen LogP contribution in [0.5, 0.6) is 5.75 Å². The molecular weight excluding hydrogens is 400 g/mol. The second-order valence-electron chi connectivity index (χ2n) is 7.89. The van der Waals surface area contributed by atoms with Gasteiger partial charge in [0, 0.05) is 11.9 Å². The fourth-order valence-electron chi connectivity index (χ4n) is 4.65. The molecule has 0 radical (unpaired) electrons. The van der Waals surface area contributed by atoms with E-state index in [0.29, 0.717) is 30.0 Å². The minimum Gasteiger partial charge on any atom is -0.509 e. The zero-order valence-corrected chi connectivity index (χ0v) is 17.2. The summed E-state index contributed by atoms with van der Waals surface area (Å²) < 4.78 is 6.89. The molecule has 2 aromatic rings.